The Balaban J connectivity index is 1.63. The van der Waals surface area contributed by atoms with E-state index in [9.17, 15) is 9.59 Å². The highest BCUT2D eigenvalue weighted by atomic mass is 16.5. The smallest absolute Gasteiger partial charge is 0.411 e. The van der Waals surface area contributed by atoms with Gasteiger partial charge in [0.2, 0.25) is 0 Å². The van der Waals surface area contributed by atoms with Crippen LogP contribution in [0.3, 0.4) is 0 Å². The first-order valence-corrected chi connectivity index (χ1v) is 9.12. The molecule has 0 spiro atoms. The van der Waals surface area contributed by atoms with Crippen molar-refractivity contribution in [3.8, 4) is 0 Å². The molecule has 2 N–H and O–H groups in total. The summed E-state index contributed by atoms with van der Waals surface area (Å²) < 4.78 is 10.6. The average molecular weight is 348 g/mol. The van der Waals surface area contributed by atoms with Crippen molar-refractivity contribution >= 4 is 17.7 Å². The number of benzene rings is 1. The van der Waals surface area contributed by atoms with Gasteiger partial charge < -0.3 is 14.8 Å². The summed E-state index contributed by atoms with van der Waals surface area (Å²) in [6.45, 7) is 3.34. The Morgan fingerprint density at radius 2 is 1.84 bits per heavy atom. The summed E-state index contributed by atoms with van der Waals surface area (Å²) in [6.07, 6.45) is 6.90. The minimum Gasteiger partial charge on any atom is -0.450 e. The van der Waals surface area contributed by atoms with Crippen molar-refractivity contribution in [1.29, 1.82) is 0 Å². The molecule has 0 aliphatic heterocycles. The van der Waals surface area contributed by atoms with Crippen molar-refractivity contribution < 1.29 is 19.1 Å². The van der Waals surface area contributed by atoms with Crippen molar-refractivity contribution in [3.05, 3.63) is 29.8 Å². The molecule has 0 saturated heterocycles. The van der Waals surface area contributed by atoms with Crippen LogP contribution in [0.2, 0.25) is 0 Å². The zero-order chi connectivity index (χ0) is 17.9. The molecule has 1 aromatic rings. The Labute approximate surface area is 149 Å². The standard InChI is InChI=1S/C19H28N2O4/c1-2-24-19(23)21-16-11-9-15(10-12-16)18(22)20-13-6-14-25-17-7-4-3-5-8-17/h9-12,17H,2-8,13-14H2,1H3,(H,20,22)(H,21,23). The van der Waals surface area contributed by atoms with Gasteiger partial charge in [0.15, 0.2) is 0 Å². The summed E-state index contributed by atoms with van der Waals surface area (Å²) in [5, 5.41) is 5.48. The van der Waals surface area contributed by atoms with Crippen LogP contribution in [0, 0.1) is 0 Å². The monoisotopic (exact) mass is 348 g/mol. The molecule has 1 aliphatic carbocycles. The summed E-state index contributed by atoms with van der Waals surface area (Å²) in [5.74, 6) is -0.125. The Hall–Kier alpha value is -2.08. The third-order valence-corrected chi connectivity index (χ3v) is 4.18. The zero-order valence-electron chi connectivity index (χ0n) is 14.9. The lowest BCUT2D eigenvalue weighted by Crippen LogP contribution is -2.26. The fourth-order valence-electron chi connectivity index (χ4n) is 2.85. The second kappa shape index (κ2) is 10.7. The van der Waals surface area contributed by atoms with E-state index < -0.39 is 6.09 Å². The van der Waals surface area contributed by atoms with E-state index >= 15 is 0 Å². The number of ether oxygens (including phenoxy) is 2. The molecular formula is C19H28N2O4. The van der Waals surface area contributed by atoms with E-state index in [1.165, 1.54) is 32.1 Å². The van der Waals surface area contributed by atoms with Gasteiger partial charge in [-0.3, -0.25) is 10.1 Å². The lowest BCUT2D eigenvalue weighted by atomic mass is 9.98. The van der Waals surface area contributed by atoms with Gasteiger partial charge in [-0.05, 0) is 50.5 Å². The maximum Gasteiger partial charge on any atom is 0.411 e. The zero-order valence-corrected chi connectivity index (χ0v) is 14.9. The minimum absolute atomic E-state index is 0.125. The fourth-order valence-corrected chi connectivity index (χ4v) is 2.85. The van der Waals surface area contributed by atoms with Crippen LogP contribution in [0.25, 0.3) is 0 Å². The normalized spacial score (nSPS) is 14.8. The van der Waals surface area contributed by atoms with Gasteiger partial charge in [0.1, 0.15) is 0 Å². The van der Waals surface area contributed by atoms with Crippen molar-refractivity contribution in [2.45, 2.75) is 51.6 Å². The van der Waals surface area contributed by atoms with Crippen molar-refractivity contribution in [2.75, 3.05) is 25.1 Å². The molecule has 2 rings (SSSR count). The number of hydrogen-bond donors (Lipinski definition) is 2. The first-order chi connectivity index (χ1) is 12.2. The summed E-state index contributed by atoms with van der Waals surface area (Å²) in [5.41, 5.74) is 1.15. The number of hydrogen-bond acceptors (Lipinski definition) is 4. The third-order valence-electron chi connectivity index (χ3n) is 4.18. The number of rotatable bonds is 8. The van der Waals surface area contributed by atoms with E-state index in [-0.39, 0.29) is 5.91 Å². The summed E-state index contributed by atoms with van der Waals surface area (Å²) in [7, 11) is 0. The molecule has 2 amide bonds. The molecule has 0 radical (unpaired) electrons. The van der Waals surface area contributed by atoms with Crippen molar-refractivity contribution in [1.82, 2.24) is 5.32 Å². The molecule has 0 bridgehead atoms. The van der Waals surface area contributed by atoms with Crippen LogP contribution in [0.5, 0.6) is 0 Å². The van der Waals surface area contributed by atoms with Gasteiger partial charge in [-0.1, -0.05) is 19.3 Å². The van der Waals surface area contributed by atoms with Crippen LogP contribution in [0.15, 0.2) is 24.3 Å². The minimum atomic E-state index is -0.502. The van der Waals surface area contributed by atoms with Gasteiger partial charge in [-0.15, -0.1) is 0 Å². The molecule has 1 aliphatic rings. The largest absolute Gasteiger partial charge is 0.450 e. The summed E-state index contributed by atoms with van der Waals surface area (Å²) >= 11 is 0. The molecule has 138 valence electrons. The van der Waals surface area contributed by atoms with Gasteiger partial charge in [0.25, 0.3) is 5.91 Å². The van der Waals surface area contributed by atoms with Gasteiger partial charge in [0, 0.05) is 24.4 Å². The summed E-state index contributed by atoms with van der Waals surface area (Å²) in [4.78, 5) is 23.4. The van der Waals surface area contributed by atoms with Gasteiger partial charge in [0.05, 0.1) is 12.7 Å². The summed E-state index contributed by atoms with van der Waals surface area (Å²) in [6, 6.07) is 6.71. The quantitative estimate of drug-likeness (QED) is 0.702. The van der Waals surface area contributed by atoms with E-state index in [4.69, 9.17) is 9.47 Å². The van der Waals surface area contributed by atoms with Crippen LogP contribution in [0.4, 0.5) is 10.5 Å². The van der Waals surface area contributed by atoms with Crippen molar-refractivity contribution in [3.63, 3.8) is 0 Å². The molecule has 25 heavy (non-hydrogen) atoms. The Kier molecular flexibility index (Phi) is 8.25. The highest BCUT2D eigenvalue weighted by Gasteiger charge is 2.13. The highest BCUT2D eigenvalue weighted by molar-refractivity contribution is 5.95. The third kappa shape index (κ3) is 7.13. The molecular weight excluding hydrogens is 320 g/mol. The van der Waals surface area contributed by atoms with Gasteiger partial charge in [-0.2, -0.15) is 0 Å². The molecule has 6 nitrogen and oxygen atoms in total. The molecule has 1 aromatic carbocycles. The van der Waals surface area contributed by atoms with E-state index in [0.29, 0.717) is 37.1 Å². The predicted molar refractivity (Wildman–Crippen MR) is 96.9 cm³/mol. The first-order valence-electron chi connectivity index (χ1n) is 9.12. The SMILES string of the molecule is CCOC(=O)Nc1ccc(C(=O)NCCCOC2CCCCC2)cc1. The van der Waals surface area contributed by atoms with Gasteiger partial charge in [-0.25, -0.2) is 4.79 Å². The maximum atomic E-state index is 12.1. The number of nitrogens with one attached hydrogen (secondary N) is 2. The van der Waals surface area contributed by atoms with E-state index in [1.54, 1.807) is 31.2 Å². The second-order valence-corrected chi connectivity index (χ2v) is 6.16. The highest BCUT2D eigenvalue weighted by Crippen LogP contribution is 2.20. The fraction of sp³-hybridized carbons (Fsp3) is 0.579. The van der Waals surface area contributed by atoms with Crippen LogP contribution >= 0.6 is 0 Å². The topological polar surface area (TPSA) is 76.7 Å². The molecule has 0 atom stereocenters. The van der Waals surface area contributed by atoms with Crippen LogP contribution in [0.1, 0.15) is 55.8 Å². The van der Waals surface area contributed by atoms with Crippen LogP contribution in [-0.4, -0.2) is 37.9 Å². The number of carbonyl (C=O) groups is 2. The molecule has 0 aromatic heterocycles. The van der Waals surface area contributed by atoms with Crippen molar-refractivity contribution in [2.24, 2.45) is 0 Å². The molecule has 0 heterocycles. The van der Waals surface area contributed by atoms with Crippen LogP contribution < -0.4 is 10.6 Å². The lowest BCUT2D eigenvalue weighted by Gasteiger charge is -2.21. The molecule has 1 saturated carbocycles. The van der Waals surface area contributed by atoms with Crippen LogP contribution in [-0.2, 0) is 9.47 Å². The second-order valence-electron chi connectivity index (χ2n) is 6.16. The Bertz CT molecular complexity index is 539. The lowest BCUT2D eigenvalue weighted by molar-refractivity contribution is 0.0273. The molecule has 6 heteroatoms. The van der Waals surface area contributed by atoms with E-state index in [1.807, 2.05) is 0 Å². The average Bonchev–Trinajstić information content (AvgIpc) is 2.63. The number of amides is 2. The Morgan fingerprint density at radius 3 is 2.52 bits per heavy atom. The number of anilines is 1. The first kappa shape index (κ1) is 19.2. The molecule has 1 fully saturated rings. The van der Waals surface area contributed by atoms with Gasteiger partial charge >= 0.3 is 6.09 Å². The maximum absolute atomic E-state index is 12.1. The van der Waals surface area contributed by atoms with E-state index in [0.717, 1.165) is 6.42 Å². The Morgan fingerprint density at radius 1 is 1.12 bits per heavy atom. The van der Waals surface area contributed by atoms with E-state index in [2.05, 4.69) is 10.6 Å². The molecule has 0 unspecified atom stereocenters. The number of carbonyl (C=O) groups excluding carboxylic acids is 2. The predicted octanol–water partition coefficient (Wildman–Crippen LogP) is 3.72.